The minimum Gasteiger partial charge on any atom is -0.381 e. The first-order chi connectivity index (χ1) is 10.7. The van der Waals surface area contributed by atoms with E-state index in [9.17, 15) is 4.79 Å². The maximum absolute atomic E-state index is 12.8. The van der Waals surface area contributed by atoms with Crippen molar-refractivity contribution in [2.75, 3.05) is 18.5 Å². The number of carbonyl (C=O) groups excluding carboxylic acids is 1. The molecule has 1 N–H and O–H groups in total. The van der Waals surface area contributed by atoms with Crippen LogP contribution >= 0.6 is 22.9 Å². The highest BCUT2D eigenvalue weighted by Crippen LogP contribution is 2.29. The summed E-state index contributed by atoms with van der Waals surface area (Å²) < 4.78 is 6.04. The fourth-order valence-electron chi connectivity index (χ4n) is 3.42. The van der Waals surface area contributed by atoms with Crippen LogP contribution in [0.25, 0.3) is 0 Å². The number of urea groups is 1. The molecule has 1 aromatic heterocycles. The van der Waals surface area contributed by atoms with Crippen molar-refractivity contribution in [1.82, 2.24) is 9.88 Å². The van der Waals surface area contributed by atoms with Gasteiger partial charge in [-0.05, 0) is 25.7 Å². The van der Waals surface area contributed by atoms with Crippen molar-refractivity contribution >= 4 is 34.1 Å². The van der Waals surface area contributed by atoms with Crippen molar-refractivity contribution in [3.63, 3.8) is 0 Å². The van der Waals surface area contributed by atoms with Crippen LogP contribution in [0.1, 0.15) is 44.9 Å². The highest BCUT2D eigenvalue weighted by molar-refractivity contribution is 7.19. The Morgan fingerprint density at radius 2 is 1.91 bits per heavy atom. The quantitative estimate of drug-likeness (QED) is 0.897. The zero-order valence-corrected chi connectivity index (χ0v) is 14.2. The molecular weight excluding hydrogens is 322 g/mol. The molecule has 2 heterocycles. The van der Waals surface area contributed by atoms with Gasteiger partial charge in [0.15, 0.2) is 5.13 Å². The van der Waals surface area contributed by atoms with Crippen molar-refractivity contribution in [3.8, 4) is 0 Å². The summed E-state index contributed by atoms with van der Waals surface area (Å²) in [7, 11) is 0. The Kier molecular flexibility index (Phi) is 5.55. The Morgan fingerprint density at radius 3 is 2.55 bits per heavy atom. The molecule has 1 saturated carbocycles. The number of anilines is 1. The van der Waals surface area contributed by atoms with Crippen LogP contribution in [0.2, 0.25) is 4.34 Å². The molecule has 1 saturated heterocycles. The number of rotatable bonds is 3. The van der Waals surface area contributed by atoms with Crippen LogP contribution in [0.4, 0.5) is 9.93 Å². The van der Waals surface area contributed by atoms with Gasteiger partial charge in [0.2, 0.25) is 0 Å². The summed E-state index contributed by atoms with van der Waals surface area (Å²) >= 11 is 7.19. The molecule has 0 aromatic carbocycles. The number of ether oxygens (including phenoxy) is 1. The van der Waals surface area contributed by atoms with Crippen LogP contribution in [0.5, 0.6) is 0 Å². The molecule has 5 nitrogen and oxygen atoms in total. The van der Waals surface area contributed by atoms with E-state index < -0.39 is 0 Å². The van der Waals surface area contributed by atoms with Gasteiger partial charge in [-0.3, -0.25) is 5.32 Å². The van der Waals surface area contributed by atoms with Gasteiger partial charge in [-0.1, -0.05) is 42.2 Å². The number of nitrogens with zero attached hydrogens (tertiary/aromatic N) is 2. The average Bonchev–Trinajstić information content (AvgIpc) is 2.95. The first-order valence-electron chi connectivity index (χ1n) is 8.02. The third-order valence-corrected chi connectivity index (χ3v) is 5.51. The van der Waals surface area contributed by atoms with Crippen molar-refractivity contribution in [2.45, 2.75) is 57.0 Å². The van der Waals surface area contributed by atoms with E-state index in [1.165, 1.54) is 30.6 Å². The van der Waals surface area contributed by atoms with E-state index in [0.717, 1.165) is 38.9 Å². The van der Waals surface area contributed by atoms with Gasteiger partial charge in [0.25, 0.3) is 0 Å². The summed E-state index contributed by atoms with van der Waals surface area (Å²) in [5.41, 5.74) is 0. The Morgan fingerprint density at radius 1 is 1.23 bits per heavy atom. The van der Waals surface area contributed by atoms with Crippen molar-refractivity contribution in [3.05, 3.63) is 10.5 Å². The molecular formula is C15H22ClN3O2S. The topological polar surface area (TPSA) is 54.5 Å². The van der Waals surface area contributed by atoms with Gasteiger partial charge < -0.3 is 9.64 Å². The second kappa shape index (κ2) is 7.62. The van der Waals surface area contributed by atoms with Crippen molar-refractivity contribution in [1.29, 1.82) is 0 Å². The van der Waals surface area contributed by atoms with Crippen LogP contribution in [0.3, 0.4) is 0 Å². The summed E-state index contributed by atoms with van der Waals surface area (Å²) in [6, 6.07) is 0.574. The van der Waals surface area contributed by atoms with E-state index in [0.29, 0.717) is 15.5 Å². The summed E-state index contributed by atoms with van der Waals surface area (Å²) in [5, 5.41) is 3.50. The lowest BCUT2D eigenvalue weighted by Crippen LogP contribution is -2.51. The van der Waals surface area contributed by atoms with Crippen LogP contribution in [0, 0.1) is 0 Å². The Bertz CT molecular complexity index is 481. The van der Waals surface area contributed by atoms with Gasteiger partial charge in [0.05, 0.1) is 6.20 Å². The number of halogens is 1. The van der Waals surface area contributed by atoms with Gasteiger partial charge in [0.1, 0.15) is 4.34 Å². The van der Waals surface area contributed by atoms with E-state index in [1.807, 2.05) is 0 Å². The molecule has 0 radical (unpaired) electrons. The Hall–Kier alpha value is -0.850. The van der Waals surface area contributed by atoms with Gasteiger partial charge in [-0.15, -0.1) is 0 Å². The van der Waals surface area contributed by atoms with E-state index >= 15 is 0 Å². The van der Waals surface area contributed by atoms with Crippen molar-refractivity contribution in [2.24, 2.45) is 0 Å². The molecule has 0 atom stereocenters. The number of aromatic nitrogens is 1. The summed E-state index contributed by atoms with van der Waals surface area (Å²) in [6.07, 6.45) is 9.31. The number of thiazole rings is 1. The second-order valence-corrected chi connectivity index (χ2v) is 7.60. The summed E-state index contributed by atoms with van der Waals surface area (Å²) in [5.74, 6) is 0. The third kappa shape index (κ3) is 3.91. The maximum Gasteiger partial charge on any atom is 0.324 e. The predicted molar refractivity (Wildman–Crippen MR) is 88.7 cm³/mol. The van der Waals surface area contributed by atoms with Crippen LogP contribution < -0.4 is 5.32 Å². The van der Waals surface area contributed by atoms with Gasteiger partial charge >= 0.3 is 6.03 Å². The second-order valence-electron chi connectivity index (χ2n) is 5.94. The number of amides is 2. The minimum absolute atomic E-state index is 0.0372. The molecule has 2 amide bonds. The molecule has 0 unspecified atom stereocenters. The molecule has 0 spiro atoms. The lowest BCUT2D eigenvalue weighted by Gasteiger charge is -2.41. The third-order valence-electron chi connectivity index (χ3n) is 4.48. The zero-order chi connectivity index (χ0) is 15.4. The van der Waals surface area contributed by atoms with Gasteiger partial charge in [-0.25, -0.2) is 9.78 Å². The van der Waals surface area contributed by atoms with Crippen LogP contribution in [-0.4, -0.2) is 41.2 Å². The van der Waals surface area contributed by atoms with Crippen molar-refractivity contribution < 1.29 is 9.53 Å². The van der Waals surface area contributed by atoms with Crippen LogP contribution in [0.15, 0.2) is 6.20 Å². The van der Waals surface area contributed by atoms with Crippen LogP contribution in [-0.2, 0) is 4.74 Å². The lowest BCUT2D eigenvalue weighted by molar-refractivity contribution is 0.0302. The minimum atomic E-state index is -0.0372. The number of carbonyl (C=O) groups is 1. The van der Waals surface area contributed by atoms with Gasteiger partial charge in [0, 0.05) is 25.3 Å². The molecule has 1 aliphatic carbocycles. The fourth-order valence-corrected chi connectivity index (χ4v) is 4.22. The molecule has 22 heavy (non-hydrogen) atoms. The van der Waals surface area contributed by atoms with E-state index in [-0.39, 0.29) is 12.1 Å². The molecule has 1 aromatic rings. The molecule has 122 valence electrons. The number of hydrogen-bond acceptors (Lipinski definition) is 4. The molecule has 0 bridgehead atoms. The normalized spacial score (nSPS) is 20.8. The Balaban J connectivity index is 1.72. The monoisotopic (exact) mass is 343 g/mol. The average molecular weight is 344 g/mol. The van der Waals surface area contributed by atoms with E-state index in [4.69, 9.17) is 16.3 Å². The first-order valence-corrected chi connectivity index (χ1v) is 9.22. The molecule has 3 rings (SSSR count). The van der Waals surface area contributed by atoms with E-state index in [2.05, 4.69) is 15.2 Å². The smallest absolute Gasteiger partial charge is 0.324 e. The fraction of sp³-hybridized carbons (Fsp3) is 0.733. The SMILES string of the molecule is O=C(Nc1ncc(Cl)s1)N(C1CCCCC1)C1CCOCC1. The highest BCUT2D eigenvalue weighted by Gasteiger charge is 2.33. The number of hydrogen-bond donors (Lipinski definition) is 1. The predicted octanol–water partition coefficient (Wildman–Crippen LogP) is 4.14. The summed E-state index contributed by atoms with van der Waals surface area (Å²) in [6.45, 7) is 1.48. The summed E-state index contributed by atoms with van der Waals surface area (Å²) in [4.78, 5) is 19.0. The zero-order valence-electron chi connectivity index (χ0n) is 12.6. The highest BCUT2D eigenvalue weighted by atomic mass is 35.5. The van der Waals surface area contributed by atoms with E-state index in [1.54, 1.807) is 6.20 Å². The number of nitrogens with one attached hydrogen (secondary N) is 1. The first kappa shape index (κ1) is 16.0. The molecule has 7 heteroatoms. The van der Waals surface area contributed by atoms with Gasteiger partial charge in [-0.2, -0.15) is 0 Å². The maximum atomic E-state index is 12.8. The molecule has 2 aliphatic rings. The largest absolute Gasteiger partial charge is 0.381 e. The molecule has 2 fully saturated rings. The lowest BCUT2D eigenvalue weighted by atomic mass is 9.92. The Labute approximate surface area is 140 Å². The standard InChI is InChI=1S/C15H22ClN3O2S/c16-13-10-17-14(22-13)18-15(20)19(11-4-2-1-3-5-11)12-6-8-21-9-7-12/h10-12H,1-9H2,(H,17,18,20). The molecule has 1 aliphatic heterocycles.